The van der Waals surface area contributed by atoms with E-state index >= 15 is 0 Å². The maximum Gasteiger partial charge on any atom is 0.179 e. The molecule has 2 aliphatic heterocycles. The maximum atomic E-state index is 6.26. The smallest absolute Gasteiger partial charge is 0.179 e. The van der Waals surface area contributed by atoms with Crippen molar-refractivity contribution in [1.29, 1.82) is 0 Å². The zero-order valence-electron chi connectivity index (χ0n) is 19.5. The largest absolute Gasteiger partial charge is 0.372 e. The van der Waals surface area contributed by atoms with E-state index in [9.17, 15) is 0 Å². The normalized spacial score (nSPS) is 16.0. The van der Waals surface area contributed by atoms with Gasteiger partial charge in [0.25, 0.3) is 0 Å². The summed E-state index contributed by atoms with van der Waals surface area (Å²) in [7, 11) is 1.77. The van der Waals surface area contributed by atoms with Gasteiger partial charge in [-0.2, -0.15) is 0 Å². The van der Waals surface area contributed by atoms with Gasteiger partial charge < -0.3 is 14.5 Å². The number of methoxy groups -OCH3 is 1. The van der Waals surface area contributed by atoms with E-state index in [4.69, 9.17) is 4.74 Å². The molecule has 0 radical (unpaired) electrons. The lowest BCUT2D eigenvalue weighted by Crippen LogP contribution is -2.29. The highest BCUT2D eigenvalue weighted by Gasteiger charge is 2.33. The van der Waals surface area contributed by atoms with Gasteiger partial charge in [-0.25, -0.2) is 0 Å². The molecule has 33 heavy (non-hydrogen) atoms. The second kappa shape index (κ2) is 9.73. The molecule has 2 saturated heterocycles. The first-order valence-electron chi connectivity index (χ1n) is 12.1. The standard InChI is InChI=1S/C30H32N2O/c1-33-30(20-19-25-9-3-2-4-10-25,26-11-15-28(16-12-26)31-21-5-6-22-31)27-13-17-29(18-14-27)32-23-7-8-24-32/h2-4,9-18H,5-8,21-24H2,1H3. The van der Waals surface area contributed by atoms with E-state index in [1.807, 2.05) is 30.3 Å². The molecule has 0 saturated carbocycles. The summed E-state index contributed by atoms with van der Waals surface area (Å²) in [5.41, 5.74) is 4.84. The Morgan fingerprint density at radius 1 is 0.636 bits per heavy atom. The average Bonchev–Trinajstić information content (AvgIpc) is 3.61. The van der Waals surface area contributed by atoms with Gasteiger partial charge in [-0.15, -0.1) is 0 Å². The van der Waals surface area contributed by atoms with Crippen LogP contribution in [0.4, 0.5) is 11.4 Å². The summed E-state index contributed by atoms with van der Waals surface area (Å²) >= 11 is 0. The van der Waals surface area contributed by atoms with Crippen LogP contribution in [0, 0.1) is 11.8 Å². The van der Waals surface area contributed by atoms with Crippen LogP contribution in [0.15, 0.2) is 78.9 Å². The van der Waals surface area contributed by atoms with Crippen molar-refractivity contribution in [2.24, 2.45) is 0 Å². The SMILES string of the molecule is COC(C#Cc1ccccc1)(c1ccc(N2CCCC2)cc1)c1ccc(N2CCCC2)cc1. The molecule has 0 aliphatic carbocycles. The number of hydrogen-bond donors (Lipinski definition) is 0. The van der Waals surface area contributed by atoms with Crippen LogP contribution in [-0.2, 0) is 10.3 Å². The van der Waals surface area contributed by atoms with Crippen molar-refractivity contribution < 1.29 is 4.74 Å². The van der Waals surface area contributed by atoms with Crippen molar-refractivity contribution in [3.05, 3.63) is 95.6 Å². The quantitative estimate of drug-likeness (QED) is 0.468. The molecule has 2 fully saturated rings. The number of anilines is 2. The van der Waals surface area contributed by atoms with Crippen molar-refractivity contribution in [3.63, 3.8) is 0 Å². The topological polar surface area (TPSA) is 15.7 Å². The van der Waals surface area contributed by atoms with Gasteiger partial charge in [-0.1, -0.05) is 54.3 Å². The lowest BCUT2D eigenvalue weighted by molar-refractivity contribution is 0.0743. The fourth-order valence-electron chi connectivity index (χ4n) is 5.04. The Labute approximate surface area is 198 Å². The predicted octanol–water partition coefficient (Wildman–Crippen LogP) is 5.83. The average molecular weight is 437 g/mol. The molecule has 0 spiro atoms. The zero-order valence-corrected chi connectivity index (χ0v) is 19.5. The van der Waals surface area contributed by atoms with E-state index in [-0.39, 0.29) is 0 Å². The molecular weight excluding hydrogens is 404 g/mol. The van der Waals surface area contributed by atoms with Crippen LogP contribution in [0.1, 0.15) is 42.4 Å². The van der Waals surface area contributed by atoms with Gasteiger partial charge >= 0.3 is 0 Å². The Morgan fingerprint density at radius 3 is 1.52 bits per heavy atom. The minimum atomic E-state index is -0.830. The van der Waals surface area contributed by atoms with Crippen LogP contribution in [0.5, 0.6) is 0 Å². The molecule has 3 nitrogen and oxygen atoms in total. The van der Waals surface area contributed by atoms with Crippen molar-refractivity contribution >= 4 is 11.4 Å². The minimum absolute atomic E-state index is 0.830. The van der Waals surface area contributed by atoms with Gasteiger partial charge in [0.05, 0.1) is 0 Å². The molecule has 2 heterocycles. The summed E-state index contributed by atoms with van der Waals surface area (Å²) in [6, 6.07) is 27.8. The highest BCUT2D eigenvalue weighted by molar-refractivity contribution is 5.56. The second-order valence-electron chi connectivity index (χ2n) is 8.98. The molecule has 2 aliphatic rings. The fourth-order valence-corrected chi connectivity index (χ4v) is 5.04. The van der Waals surface area contributed by atoms with E-state index in [2.05, 4.69) is 70.2 Å². The number of hydrogen-bond acceptors (Lipinski definition) is 3. The van der Waals surface area contributed by atoms with Gasteiger partial charge in [-0.05, 0) is 62.1 Å². The Kier molecular flexibility index (Phi) is 6.37. The highest BCUT2D eigenvalue weighted by Crippen LogP contribution is 2.36. The van der Waals surface area contributed by atoms with Crippen molar-refractivity contribution in [3.8, 4) is 11.8 Å². The first-order valence-corrected chi connectivity index (χ1v) is 12.1. The first kappa shape index (κ1) is 21.6. The Bertz CT molecular complexity index is 1040. The highest BCUT2D eigenvalue weighted by atomic mass is 16.5. The van der Waals surface area contributed by atoms with E-state index in [1.54, 1.807) is 7.11 Å². The molecule has 0 bridgehead atoms. The Balaban J connectivity index is 1.54. The third-order valence-electron chi connectivity index (χ3n) is 6.95. The van der Waals surface area contributed by atoms with Gasteiger partial charge in [0.15, 0.2) is 5.60 Å². The van der Waals surface area contributed by atoms with Crippen LogP contribution in [-0.4, -0.2) is 33.3 Å². The summed E-state index contributed by atoms with van der Waals surface area (Å²) in [5.74, 6) is 6.89. The molecule has 168 valence electrons. The number of nitrogens with zero attached hydrogens (tertiary/aromatic N) is 2. The molecule has 0 amide bonds. The van der Waals surface area contributed by atoms with E-state index in [1.165, 1.54) is 37.1 Å². The number of benzene rings is 3. The molecule has 0 aromatic heterocycles. The van der Waals surface area contributed by atoms with Gasteiger partial charge in [0, 0.05) is 61.4 Å². The monoisotopic (exact) mass is 436 g/mol. The number of rotatable bonds is 5. The summed E-state index contributed by atoms with van der Waals surface area (Å²) in [6.07, 6.45) is 5.09. The first-order chi connectivity index (χ1) is 16.3. The van der Waals surface area contributed by atoms with Gasteiger partial charge in [0.1, 0.15) is 0 Å². The Morgan fingerprint density at radius 2 is 1.09 bits per heavy atom. The fraction of sp³-hybridized carbons (Fsp3) is 0.333. The molecule has 5 rings (SSSR count). The Hall–Kier alpha value is -3.22. The van der Waals surface area contributed by atoms with Crippen molar-refractivity contribution in [2.75, 3.05) is 43.1 Å². The molecule has 3 aromatic carbocycles. The van der Waals surface area contributed by atoms with Crippen LogP contribution in [0.3, 0.4) is 0 Å². The molecular formula is C30H32N2O. The van der Waals surface area contributed by atoms with Crippen LogP contribution in [0.2, 0.25) is 0 Å². The molecule has 0 unspecified atom stereocenters. The molecule has 3 aromatic rings. The zero-order chi connectivity index (χ0) is 22.5. The molecule has 0 N–H and O–H groups in total. The van der Waals surface area contributed by atoms with Crippen molar-refractivity contribution in [1.82, 2.24) is 0 Å². The third kappa shape index (κ3) is 4.49. The van der Waals surface area contributed by atoms with Crippen LogP contribution in [0.25, 0.3) is 0 Å². The molecule has 0 atom stereocenters. The summed E-state index contributed by atoms with van der Waals surface area (Å²) < 4.78 is 6.26. The summed E-state index contributed by atoms with van der Waals surface area (Å²) in [5, 5.41) is 0. The van der Waals surface area contributed by atoms with Gasteiger partial charge in [0.2, 0.25) is 0 Å². The lowest BCUT2D eigenvalue weighted by Gasteiger charge is -2.30. The minimum Gasteiger partial charge on any atom is -0.372 e. The van der Waals surface area contributed by atoms with E-state index in [0.29, 0.717) is 0 Å². The predicted molar refractivity (Wildman–Crippen MR) is 137 cm³/mol. The van der Waals surface area contributed by atoms with Crippen LogP contribution < -0.4 is 9.80 Å². The second-order valence-corrected chi connectivity index (χ2v) is 8.98. The van der Waals surface area contributed by atoms with E-state index < -0.39 is 5.60 Å². The maximum absolute atomic E-state index is 6.26. The van der Waals surface area contributed by atoms with Crippen LogP contribution >= 0.6 is 0 Å². The summed E-state index contributed by atoms with van der Waals surface area (Å²) in [6.45, 7) is 4.56. The van der Waals surface area contributed by atoms with Gasteiger partial charge in [-0.3, -0.25) is 0 Å². The number of ether oxygens (including phenoxy) is 1. The van der Waals surface area contributed by atoms with Crippen molar-refractivity contribution in [2.45, 2.75) is 31.3 Å². The third-order valence-corrected chi connectivity index (χ3v) is 6.95. The lowest BCUT2D eigenvalue weighted by atomic mass is 9.86. The summed E-state index contributed by atoms with van der Waals surface area (Å²) in [4.78, 5) is 4.91. The molecule has 3 heteroatoms. The van der Waals surface area contributed by atoms with E-state index in [0.717, 1.165) is 42.9 Å².